The van der Waals surface area contributed by atoms with Gasteiger partial charge in [-0.25, -0.2) is 4.98 Å². The molecule has 10 heteroatoms. The van der Waals surface area contributed by atoms with Crippen LogP contribution < -0.4 is 18.4 Å². The predicted octanol–water partition coefficient (Wildman–Crippen LogP) is 2.18. The number of ether oxygens (including phenoxy) is 1. The highest BCUT2D eigenvalue weighted by molar-refractivity contribution is 14.1. The molecular formula is C24H29IN4O5. The van der Waals surface area contributed by atoms with E-state index in [2.05, 4.69) is 20.5 Å². The Kier molecular flexibility index (Phi) is 7.89. The van der Waals surface area contributed by atoms with Gasteiger partial charge in [0.2, 0.25) is 11.8 Å². The van der Waals surface area contributed by atoms with Gasteiger partial charge < -0.3 is 23.5 Å². The van der Waals surface area contributed by atoms with Crippen molar-refractivity contribution >= 4 is 34.8 Å². The van der Waals surface area contributed by atoms with Crippen molar-refractivity contribution in [3.8, 4) is 11.6 Å². The molecule has 1 aliphatic heterocycles. The number of nitrogens with one attached hydrogen (secondary N) is 2. The molecule has 2 aliphatic rings. The smallest absolute Gasteiger partial charge is 0.251 e. The molecular weight excluding hydrogens is 551 g/mol. The maximum absolute atomic E-state index is 12.3. The van der Waals surface area contributed by atoms with Crippen molar-refractivity contribution in [3.05, 3.63) is 53.7 Å². The second-order valence-corrected chi connectivity index (χ2v) is 9.30. The number of rotatable bonds is 8. The van der Waals surface area contributed by atoms with Gasteiger partial charge in [0.05, 0.1) is 25.3 Å². The van der Waals surface area contributed by atoms with E-state index >= 15 is 0 Å². The Hall–Kier alpha value is -2.44. The molecule has 2 heterocycles. The van der Waals surface area contributed by atoms with Gasteiger partial charge in [-0.05, 0) is 49.9 Å². The summed E-state index contributed by atoms with van der Waals surface area (Å²) in [7, 11) is 1.57. The largest absolute Gasteiger partial charge is 0.481 e. The highest BCUT2D eigenvalue weighted by Crippen LogP contribution is 2.39. The molecule has 1 aliphatic carbocycles. The van der Waals surface area contributed by atoms with Gasteiger partial charge in [-0.2, -0.15) is 0 Å². The van der Waals surface area contributed by atoms with Gasteiger partial charge in [0.1, 0.15) is 5.75 Å². The number of halogens is 1. The van der Waals surface area contributed by atoms with Crippen LogP contribution in [0.15, 0.2) is 42.6 Å². The molecule has 0 atom stereocenters. The van der Waals surface area contributed by atoms with Gasteiger partial charge in [0, 0.05) is 42.5 Å². The third kappa shape index (κ3) is 5.78. The van der Waals surface area contributed by atoms with Gasteiger partial charge in [-0.15, -0.1) is 0 Å². The van der Waals surface area contributed by atoms with E-state index in [9.17, 15) is 14.7 Å². The number of hydrogen-bond donors (Lipinski definition) is 3. The lowest BCUT2D eigenvalue weighted by molar-refractivity contribution is -0.122. The number of likely N-dealkylation sites (tertiary alicyclic amines) is 1. The molecule has 4 rings (SSSR count). The van der Waals surface area contributed by atoms with Crippen molar-refractivity contribution < 1.29 is 22.5 Å². The minimum Gasteiger partial charge on any atom is -0.481 e. The number of pyridine rings is 1. The quantitative estimate of drug-likeness (QED) is 0.411. The molecule has 3 N–H and O–H groups in total. The fourth-order valence-electron chi connectivity index (χ4n) is 4.64. The highest BCUT2D eigenvalue weighted by atomic mass is 127. The van der Waals surface area contributed by atoms with Crippen LogP contribution in [0.2, 0.25) is 0 Å². The van der Waals surface area contributed by atoms with Gasteiger partial charge in [0.15, 0.2) is 23.0 Å². The van der Waals surface area contributed by atoms with E-state index in [0.717, 1.165) is 31.5 Å². The van der Waals surface area contributed by atoms with Crippen molar-refractivity contribution in [1.82, 2.24) is 20.5 Å². The van der Waals surface area contributed by atoms with Crippen LogP contribution in [0.1, 0.15) is 41.6 Å². The fourth-order valence-corrected chi connectivity index (χ4v) is 4.91. The van der Waals surface area contributed by atoms with E-state index in [1.54, 1.807) is 66.6 Å². The van der Waals surface area contributed by atoms with E-state index in [1.807, 2.05) is 6.07 Å². The summed E-state index contributed by atoms with van der Waals surface area (Å²) in [6.07, 6.45) is 4.82. The maximum Gasteiger partial charge on any atom is 0.251 e. The van der Waals surface area contributed by atoms with Crippen LogP contribution in [-0.2, 0) is 10.4 Å². The minimum atomic E-state index is -0.852. The highest BCUT2D eigenvalue weighted by Gasteiger charge is 2.40. The number of amides is 2. The fraction of sp³-hybridized carbons (Fsp3) is 0.458. The Labute approximate surface area is 212 Å². The Morgan fingerprint density at radius 1 is 1.24 bits per heavy atom. The molecule has 2 amide bonds. The van der Waals surface area contributed by atoms with Crippen LogP contribution >= 0.6 is 23.0 Å². The normalized spacial score (nSPS) is 23.0. The molecule has 1 aromatic carbocycles. The molecule has 9 nitrogen and oxygen atoms in total. The number of aromatic nitrogens is 1. The van der Waals surface area contributed by atoms with Crippen LogP contribution in [0.4, 0.5) is 0 Å². The number of carbonyl (C=O) groups is 2. The maximum atomic E-state index is 12.3. The molecule has 2 fully saturated rings. The van der Waals surface area contributed by atoms with Crippen molar-refractivity contribution in [1.29, 1.82) is 0 Å². The zero-order chi connectivity index (χ0) is 24.1. The molecule has 0 unspecified atom stereocenters. The first kappa shape index (κ1) is 24.7. The summed E-state index contributed by atoms with van der Waals surface area (Å²) < 4.78 is 10.2. The van der Waals surface area contributed by atoms with E-state index in [-0.39, 0.29) is 24.4 Å². The van der Waals surface area contributed by atoms with E-state index in [4.69, 9.17) is 7.80 Å². The topological polar surface area (TPSA) is 113 Å². The molecule has 0 radical (unpaired) electrons. The number of hydrogen-bond acceptors (Lipinski definition) is 7. The molecule has 1 aromatic heterocycles. The summed E-state index contributed by atoms with van der Waals surface area (Å²) in [5.74, 6) is 0.593. The average molecular weight is 580 g/mol. The number of carbonyl (C=O) groups excluding carboxylic acids is 2. The van der Waals surface area contributed by atoms with Crippen molar-refractivity contribution in [3.63, 3.8) is 0 Å². The SMILES string of the molecule is COc1ccc(C2(O)CCC(N3CC(NC(=O)CNC(=O)c4cccc(OI)c4)C3)CC2)cn1. The Bertz CT molecular complexity index is 1000. The first-order valence-electron chi connectivity index (χ1n) is 11.3. The number of nitrogens with zero attached hydrogens (tertiary/aromatic N) is 2. The van der Waals surface area contributed by atoms with Crippen LogP contribution in [0.3, 0.4) is 0 Å². The number of aliphatic hydroxyl groups is 1. The standard InChI is InChI=1S/C24H29IN4O5/c1-33-22-6-5-17(12-26-22)24(32)9-7-19(8-10-24)29-14-18(15-29)28-21(30)13-27-23(31)16-3-2-4-20(11-16)34-25/h2-6,11-12,18-19,32H,7-10,13-15H2,1H3,(H,27,31)(H,28,30). The summed E-state index contributed by atoms with van der Waals surface area (Å²) in [5.41, 5.74) is 0.421. The third-order valence-electron chi connectivity index (χ3n) is 6.65. The van der Waals surface area contributed by atoms with Crippen LogP contribution in [-0.4, -0.2) is 65.6 Å². The van der Waals surface area contributed by atoms with E-state index in [1.165, 1.54) is 0 Å². The van der Waals surface area contributed by atoms with Gasteiger partial charge in [-0.1, -0.05) is 6.07 Å². The van der Waals surface area contributed by atoms with Crippen molar-refractivity contribution in [2.24, 2.45) is 0 Å². The van der Waals surface area contributed by atoms with E-state index in [0.29, 0.717) is 36.1 Å². The second kappa shape index (κ2) is 10.9. The van der Waals surface area contributed by atoms with Gasteiger partial charge in [-0.3, -0.25) is 14.5 Å². The molecule has 1 saturated heterocycles. The lowest BCUT2D eigenvalue weighted by Crippen LogP contribution is -2.63. The minimum absolute atomic E-state index is 0.0724. The second-order valence-electron chi connectivity index (χ2n) is 8.86. The summed E-state index contributed by atoms with van der Waals surface area (Å²) in [4.78, 5) is 31.1. The number of methoxy groups -OCH3 is 1. The lowest BCUT2D eigenvalue weighted by Gasteiger charge is -2.48. The molecule has 34 heavy (non-hydrogen) atoms. The van der Waals surface area contributed by atoms with Crippen molar-refractivity contribution in [2.75, 3.05) is 26.7 Å². The molecule has 2 aromatic rings. The van der Waals surface area contributed by atoms with Crippen LogP contribution in [0.25, 0.3) is 0 Å². The van der Waals surface area contributed by atoms with Crippen LogP contribution in [0, 0.1) is 0 Å². The summed E-state index contributed by atoms with van der Waals surface area (Å²) in [6.45, 7) is 1.49. The summed E-state index contributed by atoms with van der Waals surface area (Å²) in [5, 5.41) is 16.7. The average Bonchev–Trinajstić information content (AvgIpc) is 2.85. The molecule has 0 bridgehead atoms. The number of benzene rings is 1. The zero-order valence-corrected chi connectivity index (χ0v) is 21.2. The molecule has 182 valence electrons. The van der Waals surface area contributed by atoms with Gasteiger partial charge in [0.25, 0.3) is 5.91 Å². The first-order valence-corrected chi connectivity index (χ1v) is 12.2. The molecule has 1 saturated carbocycles. The Morgan fingerprint density at radius 2 is 2.00 bits per heavy atom. The van der Waals surface area contributed by atoms with Crippen molar-refractivity contribution in [2.45, 2.75) is 43.4 Å². The third-order valence-corrected chi connectivity index (χ3v) is 7.16. The van der Waals surface area contributed by atoms with Crippen LogP contribution in [0.5, 0.6) is 11.6 Å². The first-order chi connectivity index (χ1) is 16.4. The summed E-state index contributed by atoms with van der Waals surface area (Å²) >= 11 is 1.75. The Balaban J connectivity index is 1.17. The Morgan fingerprint density at radius 3 is 2.65 bits per heavy atom. The van der Waals surface area contributed by atoms with E-state index < -0.39 is 5.60 Å². The lowest BCUT2D eigenvalue weighted by atomic mass is 9.77. The van der Waals surface area contributed by atoms with Gasteiger partial charge >= 0.3 is 0 Å². The zero-order valence-electron chi connectivity index (χ0n) is 19.0. The molecule has 0 spiro atoms. The monoisotopic (exact) mass is 580 g/mol. The predicted molar refractivity (Wildman–Crippen MR) is 134 cm³/mol. The summed E-state index contributed by atoms with van der Waals surface area (Å²) in [6, 6.07) is 10.9.